The Balaban J connectivity index is 2.73. The maximum absolute atomic E-state index is 11.9. The van der Waals surface area contributed by atoms with Crippen molar-refractivity contribution in [3.8, 4) is 0 Å². The molecule has 0 aliphatic carbocycles. The maximum atomic E-state index is 11.9. The Labute approximate surface area is 128 Å². The molecule has 0 bridgehead atoms. The topological polar surface area (TPSA) is 121 Å². The van der Waals surface area contributed by atoms with Crippen molar-refractivity contribution in [3.63, 3.8) is 0 Å². The summed E-state index contributed by atoms with van der Waals surface area (Å²) in [5.74, 6) is -2.28. The third-order valence-electron chi connectivity index (χ3n) is 2.50. The molecule has 8 nitrogen and oxygen atoms in total. The Hall–Kier alpha value is -2.26. The summed E-state index contributed by atoms with van der Waals surface area (Å²) in [7, 11) is -4.03. The van der Waals surface area contributed by atoms with Crippen LogP contribution in [-0.2, 0) is 19.6 Å². The highest BCUT2D eigenvalue weighted by Crippen LogP contribution is 2.10. The number of rotatable bonds is 5. The Morgan fingerprint density at radius 2 is 1.55 bits per heavy atom. The molecular weight excluding hydrogens is 310 g/mol. The van der Waals surface area contributed by atoms with Gasteiger partial charge in [-0.1, -0.05) is 12.1 Å². The summed E-state index contributed by atoms with van der Waals surface area (Å²) >= 11 is 0. The lowest BCUT2D eigenvalue weighted by atomic mass is 10.2. The monoisotopic (exact) mass is 327 g/mol. The van der Waals surface area contributed by atoms with E-state index in [1.165, 1.54) is 31.2 Å². The average molecular weight is 327 g/mol. The van der Waals surface area contributed by atoms with Gasteiger partial charge in [-0.3, -0.25) is 19.8 Å². The first-order chi connectivity index (χ1) is 10.1. The van der Waals surface area contributed by atoms with Crippen molar-refractivity contribution in [2.75, 3.05) is 0 Å². The van der Waals surface area contributed by atoms with Gasteiger partial charge in [0.05, 0.1) is 4.90 Å². The van der Waals surface area contributed by atoms with Gasteiger partial charge in [-0.05, 0) is 32.9 Å². The number of hydrazine groups is 1. The van der Waals surface area contributed by atoms with Crippen LogP contribution in [0.4, 0.5) is 0 Å². The summed E-state index contributed by atoms with van der Waals surface area (Å²) in [6.45, 7) is 4.67. The second-order valence-corrected chi connectivity index (χ2v) is 6.45. The zero-order valence-corrected chi connectivity index (χ0v) is 13.2. The second kappa shape index (κ2) is 7.14. The van der Waals surface area contributed by atoms with Gasteiger partial charge in [0.15, 0.2) is 5.78 Å². The van der Waals surface area contributed by atoms with Crippen molar-refractivity contribution in [1.82, 2.24) is 15.6 Å². The van der Waals surface area contributed by atoms with Gasteiger partial charge in [-0.2, -0.15) is 0 Å². The highest BCUT2D eigenvalue weighted by atomic mass is 32.2. The predicted molar refractivity (Wildman–Crippen MR) is 78.2 cm³/mol. The van der Waals surface area contributed by atoms with Crippen LogP contribution >= 0.6 is 0 Å². The van der Waals surface area contributed by atoms with E-state index in [9.17, 15) is 22.8 Å². The fourth-order valence-corrected chi connectivity index (χ4v) is 2.27. The summed E-state index contributed by atoms with van der Waals surface area (Å²) < 4.78 is 23.8. The number of amides is 2. The maximum Gasteiger partial charge on any atom is 0.324 e. The van der Waals surface area contributed by atoms with Gasteiger partial charge in [0.1, 0.15) is 0 Å². The average Bonchev–Trinajstić information content (AvgIpc) is 2.44. The van der Waals surface area contributed by atoms with Crippen LogP contribution in [0.25, 0.3) is 0 Å². The fraction of sp³-hybridized carbons (Fsp3) is 0.308. The number of benzene rings is 1. The molecule has 1 aromatic carbocycles. The molecular formula is C13H17N3O5S. The second-order valence-electron chi connectivity index (χ2n) is 4.77. The van der Waals surface area contributed by atoms with Gasteiger partial charge in [0, 0.05) is 11.6 Å². The first-order valence-electron chi connectivity index (χ1n) is 6.37. The lowest BCUT2D eigenvalue weighted by Crippen LogP contribution is -2.49. The number of hydrogen-bond donors (Lipinski definition) is 3. The van der Waals surface area contributed by atoms with Gasteiger partial charge in [-0.15, -0.1) is 4.83 Å². The van der Waals surface area contributed by atoms with Crippen LogP contribution in [0.2, 0.25) is 0 Å². The number of ketones is 1. The van der Waals surface area contributed by atoms with Gasteiger partial charge < -0.3 is 5.32 Å². The molecule has 0 aliphatic rings. The summed E-state index contributed by atoms with van der Waals surface area (Å²) in [5, 5.41) is 2.32. The van der Waals surface area contributed by atoms with E-state index in [1.54, 1.807) is 18.7 Å². The highest BCUT2D eigenvalue weighted by Gasteiger charge is 2.19. The number of nitrogens with one attached hydrogen (secondary N) is 3. The SMILES string of the molecule is CC(=O)c1ccc(S(=O)(=O)NNC(=O)C(=O)NC(C)C)cc1. The Morgan fingerprint density at radius 1 is 1.00 bits per heavy atom. The third-order valence-corrected chi connectivity index (χ3v) is 3.76. The normalized spacial score (nSPS) is 11.1. The zero-order chi connectivity index (χ0) is 16.9. The minimum Gasteiger partial charge on any atom is -0.346 e. The molecule has 2 amide bonds. The highest BCUT2D eigenvalue weighted by molar-refractivity contribution is 7.89. The van der Waals surface area contributed by atoms with Crippen LogP contribution in [0.1, 0.15) is 31.1 Å². The van der Waals surface area contributed by atoms with Gasteiger partial charge in [-0.25, -0.2) is 8.42 Å². The smallest absolute Gasteiger partial charge is 0.324 e. The van der Waals surface area contributed by atoms with E-state index in [0.29, 0.717) is 5.56 Å². The van der Waals surface area contributed by atoms with Crippen LogP contribution in [0.3, 0.4) is 0 Å². The fourth-order valence-electron chi connectivity index (χ4n) is 1.43. The van der Waals surface area contributed by atoms with Crippen molar-refractivity contribution in [2.45, 2.75) is 31.7 Å². The molecule has 0 heterocycles. The van der Waals surface area contributed by atoms with E-state index in [-0.39, 0.29) is 16.7 Å². The molecule has 3 N–H and O–H groups in total. The molecule has 0 aliphatic heterocycles. The molecule has 1 rings (SSSR count). The van der Waals surface area contributed by atoms with Crippen LogP contribution in [0, 0.1) is 0 Å². The van der Waals surface area contributed by atoms with Crippen LogP contribution < -0.4 is 15.6 Å². The molecule has 22 heavy (non-hydrogen) atoms. The molecule has 0 radical (unpaired) electrons. The first kappa shape index (κ1) is 17.8. The molecule has 0 saturated heterocycles. The molecule has 0 aromatic heterocycles. The number of Topliss-reactive ketones (excluding diaryl/α,β-unsaturated/α-hetero) is 1. The van der Waals surface area contributed by atoms with E-state index in [1.807, 2.05) is 5.43 Å². The molecule has 0 unspecified atom stereocenters. The van der Waals surface area contributed by atoms with Crippen LogP contribution in [0.15, 0.2) is 29.2 Å². The predicted octanol–water partition coefficient (Wildman–Crippen LogP) is -0.277. The molecule has 120 valence electrons. The Bertz CT molecular complexity index is 680. The summed E-state index contributed by atoms with van der Waals surface area (Å²) in [6, 6.07) is 4.89. The van der Waals surface area contributed by atoms with Crippen molar-refractivity contribution in [1.29, 1.82) is 0 Å². The Morgan fingerprint density at radius 3 is 2.00 bits per heavy atom. The first-order valence-corrected chi connectivity index (χ1v) is 7.85. The van der Waals surface area contributed by atoms with Crippen molar-refractivity contribution in [2.24, 2.45) is 0 Å². The molecule has 1 aromatic rings. The number of sulfonamides is 1. The largest absolute Gasteiger partial charge is 0.346 e. The Kier molecular flexibility index (Phi) is 5.77. The molecule has 0 atom stereocenters. The minimum atomic E-state index is -4.03. The van der Waals surface area contributed by atoms with E-state index in [4.69, 9.17) is 0 Å². The minimum absolute atomic E-state index is 0.151. The van der Waals surface area contributed by atoms with Crippen molar-refractivity contribution in [3.05, 3.63) is 29.8 Å². The van der Waals surface area contributed by atoms with Crippen molar-refractivity contribution < 1.29 is 22.8 Å². The number of hydrogen-bond acceptors (Lipinski definition) is 5. The number of carbonyl (C=O) groups excluding carboxylic acids is 3. The van der Waals surface area contributed by atoms with Crippen molar-refractivity contribution >= 4 is 27.6 Å². The lowest BCUT2D eigenvalue weighted by molar-refractivity contribution is -0.139. The van der Waals surface area contributed by atoms with Gasteiger partial charge in [0.25, 0.3) is 10.0 Å². The van der Waals surface area contributed by atoms with Crippen LogP contribution in [-0.4, -0.2) is 32.1 Å². The lowest BCUT2D eigenvalue weighted by Gasteiger charge is -2.10. The van der Waals surface area contributed by atoms with Gasteiger partial charge >= 0.3 is 11.8 Å². The summed E-state index contributed by atoms with van der Waals surface area (Å²) in [6.07, 6.45) is 0. The van der Waals surface area contributed by atoms with E-state index < -0.39 is 21.8 Å². The molecule has 0 saturated carbocycles. The summed E-state index contributed by atoms with van der Waals surface area (Å²) in [4.78, 5) is 35.5. The molecule has 9 heteroatoms. The molecule has 0 fully saturated rings. The quantitative estimate of drug-likeness (QED) is 0.390. The third kappa shape index (κ3) is 4.93. The zero-order valence-electron chi connectivity index (χ0n) is 12.3. The number of carbonyl (C=O) groups is 3. The summed E-state index contributed by atoms with van der Waals surface area (Å²) in [5.41, 5.74) is 2.17. The van der Waals surface area contributed by atoms with Crippen LogP contribution in [0.5, 0.6) is 0 Å². The molecule has 0 spiro atoms. The standard InChI is InChI=1S/C13H17N3O5S/c1-8(2)14-12(18)13(19)15-16-22(20,21)11-6-4-10(5-7-11)9(3)17/h4-8,16H,1-3H3,(H,14,18)(H,15,19). The van der Waals surface area contributed by atoms with Gasteiger partial charge in [0.2, 0.25) is 0 Å². The van der Waals surface area contributed by atoms with E-state index >= 15 is 0 Å². The van der Waals surface area contributed by atoms with E-state index in [2.05, 4.69) is 5.32 Å². The van der Waals surface area contributed by atoms with E-state index in [0.717, 1.165) is 0 Å².